The van der Waals surface area contributed by atoms with Gasteiger partial charge in [-0.25, -0.2) is 4.79 Å². The molecule has 2 aliphatic rings. The van der Waals surface area contributed by atoms with Gasteiger partial charge in [0.2, 0.25) is 0 Å². The van der Waals surface area contributed by atoms with Crippen LogP contribution in [0.1, 0.15) is 48.5 Å². The summed E-state index contributed by atoms with van der Waals surface area (Å²) in [6.07, 6.45) is -2.38. The molecule has 1 saturated heterocycles. The molecular weight excluding hydrogens is 351 g/mol. The second-order valence-corrected chi connectivity index (χ2v) is 6.82. The number of alkyl halides is 3. The van der Waals surface area contributed by atoms with Crippen molar-refractivity contribution in [1.82, 2.24) is 15.8 Å². The van der Waals surface area contributed by atoms with E-state index in [0.717, 1.165) is 31.0 Å². The lowest BCUT2D eigenvalue weighted by Gasteiger charge is -2.33. The molecule has 1 aromatic rings. The summed E-state index contributed by atoms with van der Waals surface area (Å²) in [6.45, 7) is 2.04. The predicted molar refractivity (Wildman–Crippen MR) is 84.7 cm³/mol. The molecular formula is C17H18F3N3O3. The number of hydrogen-bond acceptors (Lipinski definition) is 3. The van der Waals surface area contributed by atoms with E-state index in [0.29, 0.717) is 23.8 Å². The Morgan fingerprint density at radius 3 is 2.46 bits per heavy atom. The number of halogens is 3. The number of imide groups is 1. The minimum absolute atomic E-state index is 0.424. The molecule has 1 aromatic carbocycles. The van der Waals surface area contributed by atoms with Gasteiger partial charge >= 0.3 is 12.2 Å². The largest absolute Gasteiger partial charge is 0.417 e. The summed E-state index contributed by atoms with van der Waals surface area (Å²) in [4.78, 5) is 37.1. The summed E-state index contributed by atoms with van der Waals surface area (Å²) < 4.78 is 39.2. The van der Waals surface area contributed by atoms with E-state index in [2.05, 4.69) is 5.32 Å². The predicted octanol–water partition coefficient (Wildman–Crippen LogP) is 2.85. The van der Waals surface area contributed by atoms with Gasteiger partial charge in [-0.2, -0.15) is 18.2 Å². The van der Waals surface area contributed by atoms with Crippen LogP contribution in [0.4, 0.5) is 18.0 Å². The zero-order chi connectivity index (χ0) is 19.1. The van der Waals surface area contributed by atoms with E-state index in [1.165, 1.54) is 6.07 Å². The van der Waals surface area contributed by atoms with Gasteiger partial charge in [-0.15, -0.1) is 0 Å². The van der Waals surface area contributed by atoms with Gasteiger partial charge in [-0.05, 0) is 43.7 Å². The Morgan fingerprint density at radius 1 is 1.23 bits per heavy atom. The van der Waals surface area contributed by atoms with Crippen molar-refractivity contribution in [2.75, 3.05) is 0 Å². The van der Waals surface area contributed by atoms with Crippen molar-refractivity contribution in [2.24, 2.45) is 5.92 Å². The third-order valence-electron chi connectivity index (χ3n) is 4.98. The highest BCUT2D eigenvalue weighted by molar-refractivity contribution is 6.09. The van der Waals surface area contributed by atoms with E-state index in [-0.39, 0.29) is 0 Å². The van der Waals surface area contributed by atoms with Gasteiger partial charge in [0.1, 0.15) is 5.54 Å². The fourth-order valence-corrected chi connectivity index (χ4v) is 3.41. The molecule has 4 amide bonds. The number of nitrogens with one attached hydrogen (secondary N) is 2. The smallest absolute Gasteiger partial charge is 0.322 e. The number of hydrogen-bond donors (Lipinski definition) is 2. The summed E-state index contributed by atoms with van der Waals surface area (Å²) in [5.74, 6) is -1.37. The Bertz CT molecular complexity index is 755. The quantitative estimate of drug-likeness (QED) is 0.787. The molecule has 6 nitrogen and oxygen atoms in total. The summed E-state index contributed by atoms with van der Waals surface area (Å²) in [7, 11) is 0. The Kier molecular flexibility index (Phi) is 4.41. The number of amides is 4. The molecule has 1 saturated carbocycles. The van der Waals surface area contributed by atoms with E-state index in [9.17, 15) is 27.6 Å². The SMILES string of the molecule is CC1CCC2(CC1)NC(=O)N(NC(=O)c1ccccc1C(F)(F)F)C2=O. The Hall–Kier alpha value is -2.58. The molecule has 2 N–H and O–H groups in total. The zero-order valence-corrected chi connectivity index (χ0v) is 14.0. The van der Waals surface area contributed by atoms with Crippen molar-refractivity contribution in [1.29, 1.82) is 0 Å². The van der Waals surface area contributed by atoms with E-state index in [4.69, 9.17) is 0 Å². The highest BCUT2D eigenvalue weighted by Crippen LogP contribution is 2.36. The van der Waals surface area contributed by atoms with Crippen LogP contribution in [0, 0.1) is 5.92 Å². The normalized spacial score (nSPS) is 26.2. The molecule has 140 valence electrons. The van der Waals surface area contributed by atoms with Crippen molar-refractivity contribution in [3.63, 3.8) is 0 Å². The van der Waals surface area contributed by atoms with E-state index >= 15 is 0 Å². The highest BCUT2D eigenvalue weighted by atomic mass is 19.4. The standard InChI is InChI=1S/C17H18F3N3O3/c1-10-6-8-16(9-7-10)14(25)23(15(26)21-16)22-13(24)11-4-2-3-5-12(11)17(18,19)20/h2-5,10H,6-9H2,1H3,(H,21,26)(H,22,24). The maximum atomic E-state index is 13.1. The molecule has 0 radical (unpaired) electrons. The first-order chi connectivity index (χ1) is 12.1. The number of carbonyl (C=O) groups is 3. The van der Waals surface area contributed by atoms with Gasteiger partial charge < -0.3 is 5.32 Å². The summed E-state index contributed by atoms with van der Waals surface area (Å²) in [6, 6.07) is 3.37. The second kappa shape index (κ2) is 6.30. The maximum Gasteiger partial charge on any atom is 0.417 e. The Labute approximate surface area is 147 Å². The van der Waals surface area contributed by atoms with Gasteiger partial charge in [0.15, 0.2) is 0 Å². The molecule has 0 unspecified atom stereocenters. The van der Waals surface area contributed by atoms with Crippen molar-refractivity contribution < 1.29 is 27.6 Å². The summed E-state index contributed by atoms with van der Waals surface area (Å²) in [5, 5.41) is 3.08. The lowest BCUT2D eigenvalue weighted by molar-refractivity contribution is -0.137. The summed E-state index contributed by atoms with van der Waals surface area (Å²) >= 11 is 0. The number of nitrogens with zero attached hydrogens (tertiary/aromatic N) is 1. The molecule has 2 fully saturated rings. The van der Waals surface area contributed by atoms with Crippen LogP contribution in [0.3, 0.4) is 0 Å². The number of rotatable bonds is 2. The molecule has 1 spiro atoms. The van der Waals surface area contributed by atoms with Gasteiger partial charge in [-0.3, -0.25) is 15.0 Å². The summed E-state index contributed by atoms with van der Waals surface area (Å²) in [5.41, 5.74) is -0.848. The highest BCUT2D eigenvalue weighted by Gasteiger charge is 2.53. The van der Waals surface area contributed by atoms with Crippen molar-refractivity contribution in [3.8, 4) is 0 Å². The number of carbonyl (C=O) groups excluding carboxylic acids is 3. The molecule has 0 atom stereocenters. The van der Waals surface area contributed by atoms with E-state index in [1.54, 1.807) is 0 Å². The average molecular weight is 369 g/mol. The van der Waals surface area contributed by atoms with Crippen LogP contribution in [-0.2, 0) is 11.0 Å². The lowest BCUT2D eigenvalue weighted by Crippen LogP contribution is -2.51. The van der Waals surface area contributed by atoms with Crippen LogP contribution in [0.25, 0.3) is 0 Å². The monoisotopic (exact) mass is 369 g/mol. The maximum absolute atomic E-state index is 13.1. The van der Waals surface area contributed by atoms with E-state index in [1.807, 2.05) is 12.3 Å². The van der Waals surface area contributed by atoms with Crippen LogP contribution in [0.5, 0.6) is 0 Å². The zero-order valence-electron chi connectivity index (χ0n) is 14.0. The molecule has 1 heterocycles. The lowest BCUT2D eigenvalue weighted by atomic mass is 9.77. The van der Waals surface area contributed by atoms with Crippen LogP contribution < -0.4 is 10.7 Å². The van der Waals surface area contributed by atoms with Crippen molar-refractivity contribution in [3.05, 3.63) is 35.4 Å². The molecule has 1 aliphatic heterocycles. The van der Waals surface area contributed by atoms with Crippen LogP contribution in [0.2, 0.25) is 0 Å². The van der Waals surface area contributed by atoms with Crippen LogP contribution >= 0.6 is 0 Å². The molecule has 0 aromatic heterocycles. The molecule has 1 aliphatic carbocycles. The average Bonchev–Trinajstić information content (AvgIpc) is 2.81. The second-order valence-electron chi connectivity index (χ2n) is 6.82. The molecule has 3 rings (SSSR count). The number of urea groups is 1. The van der Waals surface area contributed by atoms with Crippen molar-refractivity contribution >= 4 is 17.8 Å². The van der Waals surface area contributed by atoms with E-state index < -0.39 is 40.7 Å². The topological polar surface area (TPSA) is 78.5 Å². The Morgan fingerprint density at radius 2 is 1.85 bits per heavy atom. The van der Waals surface area contributed by atoms with Gasteiger partial charge in [-0.1, -0.05) is 19.1 Å². The number of hydrazine groups is 1. The minimum atomic E-state index is -4.73. The fraction of sp³-hybridized carbons (Fsp3) is 0.471. The van der Waals surface area contributed by atoms with Crippen LogP contribution in [-0.4, -0.2) is 28.4 Å². The van der Waals surface area contributed by atoms with Crippen molar-refractivity contribution in [2.45, 2.75) is 44.3 Å². The van der Waals surface area contributed by atoms with Crippen LogP contribution in [0.15, 0.2) is 24.3 Å². The third kappa shape index (κ3) is 3.13. The van der Waals surface area contributed by atoms with Gasteiger partial charge in [0.05, 0.1) is 11.1 Å². The first kappa shape index (κ1) is 18.2. The first-order valence-corrected chi connectivity index (χ1v) is 8.28. The van der Waals surface area contributed by atoms with Gasteiger partial charge in [0, 0.05) is 0 Å². The molecule has 9 heteroatoms. The molecule has 26 heavy (non-hydrogen) atoms. The van der Waals surface area contributed by atoms with Gasteiger partial charge in [0.25, 0.3) is 11.8 Å². The first-order valence-electron chi connectivity index (χ1n) is 8.28. The molecule has 0 bridgehead atoms. The third-order valence-corrected chi connectivity index (χ3v) is 4.98. The fourth-order valence-electron chi connectivity index (χ4n) is 3.41. The minimum Gasteiger partial charge on any atom is -0.322 e. The Balaban J connectivity index is 1.81. The number of benzene rings is 1.